The van der Waals surface area contributed by atoms with E-state index in [-0.39, 0.29) is 5.91 Å². The van der Waals surface area contributed by atoms with Gasteiger partial charge >= 0.3 is 5.97 Å². The summed E-state index contributed by atoms with van der Waals surface area (Å²) in [7, 11) is 0. The molecule has 4 nitrogen and oxygen atoms in total. The number of carboxylic acids is 1. The molecular formula is C16H21NO3S. The zero-order valence-corrected chi connectivity index (χ0v) is 13.1. The van der Waals surface area contributed by atoms with Gasteiger partial charge in [-0.25, -0.2) is 0 Å². The van der Waals surface area contributed by atoms with Crippen LogP contribution in [0, 0.1) is 5.41 Å². The highest BCUT2D eigenvalue weighted by Crippen LogP contribution is 2.30. The van der Waals surface area contributed by atoms with Crippen LogP contribution in [0.3, 0.4) is 0 Å². The Morgan fingerprint density at radius 1 is 1.33 bits per heavy atom. The second-order valence-corrected chi connectivity index (χ2v) is 6.86. The van der Waals surface area contributed by atoms with Crippen molar-refractivity contribution in [1.29, 1.82) is 0 Å². The average Bonchev–Trinajstić information content (AvgIpc) is 2.48. The summed E-state index contributed by atoms with van der Waals surface area (Å²) < 4.78 is 0. The predicted octanol–water partition coefficient (Wildman–Crippen LogP) is 2.88. The summed E-state index contributed by atoms with van der Waals surface area (Å²) >= 11 is 1.66. The van der Waals surface area contributed by atoms with Gasteiger partial charge in [0.15, 0.2) is 0 Å². The molecule has 0 saturated carbocycles. The van der Waals surface area contributed by atoms with E-state index in [4.69, 9.17) is 0 Å². The summed E-state index contributed by atoms with van der Waals surface area (Å²) in [5.41, 5.74) is -0.791. The van der Waals surface area contributed by atoms with Gasteiger partial charge in [0.05, 0.1) is 5.41 Å². The molecule has 0 bridgehead atoms. The molecule has 1 atom stereocenters. The standard InChI is InChI=1S/C16H21NO3S/c1-16(15(19)20)9-5-10-17(12-16)14(18)8-11-21-13-6-3-2-4-7-13/h2-4,6-7H,5,8-12H2,1H3,(H,19,20). The number of amides is 1. The Bertz CT molecular complexity index is 506. The molecule has 114 valence electrons. The maximum Gasteiger partial charge on any atom is 0.311 e. The summed E-state index contributed by atoms with van der Waals surface area (Å²) in [6.07, 6.45) is 1.86. The topological polar surface area (TPSA) is 57.6 Å². The molecule has 1 heterocycles. The van der Waals surface area contributed by atoms with Gasteiger partial charge in [-0.15, -0.1) is 11.8 Å². The molecule has 1 aromatic rings. The summed E-state index contributed by atoms with van der Waals surface area (Å²) in [4.78, 5) is 26.4. The maximum atomic E-state index is 12.2. The lowest BCUT2D eigenvalue weighted by atomic mass is 9.82. The predicted molar refractivity (Wildman–Crippen MR) is 83.3 cm³/mol. The number of thioether (sulfide) groups is 1. The Kier molecular flexibility index (Phi) is 5.28. The van der Waals surface area contributed by atoms with Gasteiger partial charge in [-0.1, -0.05) is 18.2 Å². The van der Waals surface area contributed by atoms with E-state index in [1.165, 1.54) is 0 Å². The number of carbonyl (C=O) groups excluding carboxylic acids is 1. The number of rotatable bonds is 5. The third-order valence-electron chi connectivity index (χ3n) is 3.89. The van der Waals surface area contributed by atoms with Crippen LogP contribution in [0.2, 0.25) is 0 Å². The van der Waals surface area contributed by atoms with Crippen molar-refractivity contribution in [2.75, 3.05) is 18.8 Å². The molecule has 2 rings (SSSR count). The van der Waals surface area contributed by atoms with Crippen molar-refractivity contribution >= 4 is 23.6 Å². The monoisotopic (exact) mass is 307 g/mol. The van der Waals surface area contributed by atoms with E-state index in [1.54, 1.807) is 23.6 Å². The Hall–Kier alpha value is -1.49. The third kappa shape index (κ3) is 4.24. The van der Waals surface area contributed by atoms with Crippen LogP contribution in [-0.4, -0.2) is 40.7 Å². The first-order chi connectivity index (χ1) is 10.0. The van der Waals surface area contributed by atoms with Gasteiger partial charge in [0.2, 0.25) is 5.91 Å². The zero-order valence-electron chi connectivity index (χ0n) is 12.2. The first kappa shape index (κ1) is 15.9. The van der Waals surface area contributed by atoms with Crippen LogP contribution in [0.4, 0.5) is 0 Å². The quantitative estimate of drug-likeness (QED) is 0.850. The van der Waals surface area contributed by atoms with E-state index in [0.29, 0.717) is 25.9 Å². The van der Waals surface area contributed by atoms with Crippen molar-refractivity contribution in [3.63, 3.8) is 0 Å². The van der Waals surface area contributed by atoms with Gasteiger partial charge in [0.25, 0.3) is 0 Å². The summed E-state index contributed by atoms with van der Waals surface area (Å²) in [5, 5.41) is 9.28. The van der Waals surface area contributed by atoms with Gasteiger partial charge in [0, 0.05) is 30.2 Å². The number of piperidine rings is 1. The molecule has 5 heteroatoms. The zero-order chi connectivity index (χ0) is 15.3. The fraction of sp³-hybridized carbons (Fsp3) is 0.500. The Morgan fingerprint density at radius 3 is 2.71 bits per heavy atom. The second kappa shape index (κ2) is 6.98. The number of hydrogen-bond acceptors (Lipinski definition) is 3. The van der Waals surface area contributed by atoms with E-state index < -0.39 is 11.4 Å². The number of carboxylic acid groups (broad SMARTS) is 1. The SMILES string of the molecule is CC1(C(=O)O)CCCN(C(=O)CCSc2ccccc2)C1. The molecular weight excluding hydrogens is 286 g/mol. The van der Waals surface area contributed by atoms with Crippen LogP contribution < -0.4 is 0 Å². The van der Waals surface area contributed by atoms with E-state index in [0.717, 1.165) is 17.1 Å². The van der Waals surface area contributed by atoms with E-state index in [9.17, 15) is 14.7 Å². The van der Waals surface area contributed by atoms with Crippen molar-refractivity contribution in [3.05, 3.63) is 30.3 Å². The number of aliphatic carboxylic acids is 1. The molecule has 1 N–H and O–H groups in total. The molecule has 0 radical (unpaired) electrons. The first-order valence-electron chi connectivity index (χ1n) is 7.20. The van der Waals surface area contributed by atoms with Gasteiger partial charge in [-0.3, -0.25) is 9.59 Å². The van der Waals surface area contributed by atoms with Crippen LogP contribution in [0.15, 0.2) is 35.2 Å². The number of hydrogen-bond donors (Lipinski definition) is 1. The Balaban J connectivity index is 1.82. The van der Waals surface area contributed by atoms with Crippen LogP contribution >= 0.6 is 11.8 Å². The summed E-state index contributed by atoms with van der Waals surface area (Å²) in [6.45, 7) is 2.74. The van der Waals surface area contributed by atoms with Crippen LogP contribution in [0.1, 0.15) is 26.2 Å². The summed E-state index contributed by atoms with van der Waals surface area (Å²) in [5.74, 6) is -0.0207. The fourth-order valence-corrected chi connectivity index (χ4v) is 3.42. The number of carbonyl (C=O) groups is 2. The first-order valence-corrected chi connectivity index (χ1v) is 8.19. The van der Waals surface area contributed by atoms with Gasteiger partial charge in [-0.05, 0) is 31.9 Å². The highest BCUT2D eigenvalue weighted by Gasteiger charge is 2.39. The lowest BCUT2D eigenvalue weighted by molar-refractivity contribution is -0.153. The van der Waals surface area contributed by atoms with Crippen molar-refractivity contribution in [1.82, 2.24) is 4.90 Å². The molecule has 1 aliphatic heterocycles. The second-order valence-electron chi connectivity index (χ2n) is 5.70. The molecule has 0 aromatic heterocycles. The summed E-state index contributed by atoms with van der Waals surface area (Å²) in [6, 6.07) is 9.98. The van der Waals surface area contributed by atoms with E-state index >= 15 is 0 Å². The van der Waals surface area contributed by atoms with Crippen LogP contribution in [-0.2, 0) is 9.59 Å². The minimum absolute atomic E-state index is 0.0607. The smallest absolute Gasteiger partial charge is 0.311 e. The normalized spacial score (nSPS) is 22.0. The molecule has 1 amide bonds. The average molecular weight is 307 g/mol. The highest BCUT2D eigenvalue weighted by atomic mass is 32.2. The van der Waals surface area contributed by atoms with Crippen molar-refractivity contribution in [2.24, 2.45) is 5.41 Å². The highest BCUT2D eigenvalue weighted by molar-refractivity contribution is 7.99. The molecule has 0 aliphatic carbocycles. The maximum absolute atomic E-state index is 12.2. The number of likely N-dealkylation sites (tertiary alicyclic amines) is 1. The molecule has 1 aromatic carbocycles. The minimum atomic E-state index is -0.807. The molecule has 1 unspecified atom stereocenters. The molecule has 1 saturated heterocycles. The largest absolute Gasteiger partial charge is 0.481 e. The fourth-order valence-electron chi connectivity index (χ4n) is 2.56. The number of nitrogens with zero attached hydrogens (tertiary/aromatic N) is 1. The lowest BCUT2D eigenvalue weighted by Crippen LogP contribution is -2.48. The van der Waals surface area contributed by atoms with E-state index in [2.05, 4.69) is 0 Å². The minimum Gasteiger partial charge on any atom is -0.481 e. The Morgan fingerprint density at radius 2 is 2.05 bits per heavy atom. The molecule has 1 aliphatic rings. The van der Waals surface area contributed by atoms with Crippen molar-refractivity contribution in [3.8, 4) is 0 Å². The molecule has 21 heavy (non-hydrogen) atoms. The molecule has 1 fully saturated rings. The lowest BCUT2D eigenvalue weighted by Gasteiger charge is -2.37. The van der Waals surface area contributed by atoms with Gasteiger partial charge in [0.1, 0.15) is 0 Å². The third-order valence-corrected chi connectivity index (χ3v) is 4.91. The number of benzene rings is 1. The van der Waals surface area contributed by atoms with Gasteiger partial charge in [-0.2, -0.15) is 0 Å². The van der Waals surface area contributed by atoms with Crippen LogP contribution in [0.5, 0.6) is 0 Å². The van der Waals surface area contributed by atoms with Crippen molar-refractivity contribution < 1.29 is 14.7 Å². The molecule has 0 spiro atoms. The van der Waals surface area contributed by atoms with Crippen molar-refractivity contribution in [2.45, 2.75) is 31.1 Å². The van der Waals surface area contributed by atoms with E-state index in [1.807, 2.05) is 30.3 Å². The Labute approximate surface area is 129 Å². The van der Waals surface area contributed by atoms with Gasteiger partial charge < -0.3 is 10.0 Å². The van der Waals surface area contributed by atoms with Crippen LogP contribution in [0.25, 0.3) is 0 Å².